The van der Waals surface area contributed by atoms with Gasteiger partial charge in [-0.2, -0.15) is 0 Å². The third-order valence-electron chi connectivity index (χ3n) is 3.48. The molecule has 2 rings (SSSR count). The highest BCUT2D eigenvalue weighted by Crippen LogP contribution is 2.16. The Balaban J connectivity index is 1.99. The molecule has 0 fully saturated rings. The molecule has 0 N–H and O–H groups in total. The average molecular weight is 361 g/mol. The topological polar surface area (TPSA) is 52.6 Å². The fourth-order valence-corrected chi connectivity index (χ4v) is 2.42. The van der Waals surface area contributed by atoms with Crippen LogP contribution in [0.15, 0.2) is 48.5 Å². The normalized spacial score (nSPS) is 10.6. The van der Waals surface area contributed by atoms with Crippen LogP contribution in [0, 0.1) is 5.92 Å². The Morgan fingerprint density at radius 3 is 2.08 bits per heavy atom. The van der Waals surface area contributed by atoms with E-state index in [2.05, 4.69) is 0 Å². The largest absolute Gasteiger partial charge is 0.462 e. The third-order valence-corrected chi connectivity index (χ3v) is 3.85. The van der Waals surface area contributed by atoms with E-state index in [0.717, 1.165) is 5.56 Å². The molecule has 0 aliphatic rings. The lowest BCUT2D eigenvalue weighted by atomic mass is 10.1. The molecule has 0 aromatic heterocycles. The first-order valence-electron chi connectivity index (χ1n) is 8.15. The highest BCUT2D eigenvalue weighted by molar-refractivity contribution is 6.31. The minimum atomic E-state index is -0.552. The number of benzene rings is 2. The van der Waals surface area contributed by atoms with Gasteiger partial charge < -0.3 is 9.47 Å². The van der Waals surface area contributed by atoms with E-state index >= 15 is 0 Å². The molecule has 0 bridgehead atoms. The zero-order chi connectivity index (χ0) is 18.2. The SMILES string of the molecule is CC(C)COC(=O)c1ccccc1C(=O)OCCc1ccccc1Cl. The lowest BCUT2D eigenvalue weighted by molar-refractivity contribution is 0.0431. The van der Waals surface area contributed by atoms with Gasteiger partial charge in [-0.1, -0.05) is 55.8 Å². The number of carbonyl (C=O) groups is 2. The van der Waals surface area contributed by atoms with Crippen LogP contribution in [0.1, 0.15) is 40.1 Å². The maximum atomic E-state index is 12.3. The van der Waals surface area contributed by atoms with Gasteiger partial charge in [-0.25, -0.2) is 9.59 Å². The molecule has 0 saturated carbocycles. The predicted octanol–water partition coefficient (Wildman–Crippen LogP) is 4.55. The fourth-order valence-electron chi connectivity index (χ4n) is 2.19. The summed E-state index contributed by atoms with van der Waals surface area (Å²) in [5.41, 5.74) is 1.32. The molecule has 132 valence electrons. The van der Waals surface area contributed by atoms with E-state index in [1.165, 1.54) is 0 Å². The third kappa shape index (κ3) is 5.61. The van der Waals surface area contributed by atoms with Crippen LogP contribution in [0.5, 0.6) is 0 Å². The smallest absolute Gasteiger partial charge is 0.339 e. The Morgan fingerprint density at radius 2 is 1.48 bits per heavy atom. The molecular formula is C20H21ClO4. The molecule has 2 aromatic rings. The summed E-state index contributed by atoms with van der Waals surface area (Å²) >= 11 is 6.08. The second-order valence-corrected chi connectivity index (χ2v) is 6.42. The summed E-state index contributed by atoms with van der Waals surface area (Å²) in [5, 5.41) is 0.635. The summed E-state index contributed by atoms with van der Waals surface area (Å²) in [7, 11) is 0. The number of halogens is 1. The van der Waals surface area contributed by atoms with Gasteiger partial charge in [0.05, 0.1) is 24.3 Å². The molecule has 0 spiro atoms. The van der Waals surface area contributed by atoms with E-state index < -0.39 is 11.9 Å². The minimum Gasteiger partial charge on any atom is -0.462 e. The van der Waals surface area contributed by atoms with E-state index in [-0.39, 0.29) is 23.7 Å². The molecule has 0 radical (unpaired) electrons. The van der Waals surface area contributed by atoms with Crippen LogP contribution < -0.4 is 0 Å². The predicted molar refractivity (Wildman–Crippen MR) is 97.0 cm³/mol. The molecule has 25 heavy (non-hydrogen) atoms. The van der Waals surface area contributed by atoms with Crippen LogP contribution in [0.3, 0.4) is 0 Å². The molecule has 0 aliphatic carbocycles. The second kappa shape index (κ2) is 9.23. The molecule has 4 nitrogen and oxygen atoms in total. The first-order valence-corrected chi connectivity index (χ1v) is 8.53. The number of rotatable bonds is 7. The lowest BCUT2D eigenvalue weighted by Gasteiger charge is -2.11. The maximum Gasteiger partial charge on any atom is 0.339 e. The zero-order valence-corrected chi connectivity index (χ0v) is 15.1. The summed E-state index contributed by atoms with van der Waals surface area (Å²) in [6.45, 7) is 4.37. The molecule has 0 unspecified atom stereocenters. The Hall–Kier alpha value is -2.33. The molecule has 2 aromatic carbocycles. The quantitative estimate of drug-likeness (QED) is 0.679. The number of ether oxygens (including phenoxy) is 2. The van der Waals surface area contributed by atoms with E-state index in [4.69, 9.17) is 21.1 Å². The Kier molecular flexibility index (Phi) is 7.02. The van der Waals surface area contributed by atoms with Crippen molar-refractivity contribution in [1.29, 1.82) is 0 Å². The van der Waals surface area contributed by atoms with Gasteiger partial charge in [0.1, 0.15) is 0 Å². The van der Waals surface area contributed by atoms with Gasteiger partial charge in [-0.05, 0) is 29.7 Å². The van der Waals surface area contributed by atoms with Gasteiger partial charge in [0.15, 0.2) is 0 Å². The second-order valence-electron chi connectivity index (χ2n) is 6.02. The van der Waals surface area contributed by atoms with Crippen LogP contribution in [0.4, 0.5) is 0 Å². The van der Waals surface area contributed by atoms with Crippen molar-refractivity contribution in [3.63, 3.8) is 0 Å². The van der Waals surface area contributed by atoms with Crippen LogP contribution in [-0.2, 0) is 15.9 Å². The first-order chi connectivity index (χ1) is 12.0. The van der Waals surface area contributed by atoms with Gasteiger partial charge in [-0.15, -0.1) is 0 Å². The minimum absolute atomic E-state index is 0.179. The van der Waals surface area contributed by atoms with E-state index in [0.29, 0.717) is 18.1 Å². The molecule has 0 saturated heterocycles. The van der Waals surface area contributed by atoms with Crippen molar-refractivity contribution in [2.75, 3.05) is 13.2 Å². The van der Waals surface area contributed by atoms with Crippen molar-refractivity contribution in [3.8, 4) is 0 Å². The monoisotopic (exact) mass is 360 g/mol. The fraction of sp³-hybridized carbons (Fsp3) is 0.300. The van der Waals surface area contributed by atoms with Gasteiger partial charge >= 0.3 is 11.9 Å². The van der Waals surface area contributed by atoms with E-state index in [1.807, 2.05) is 32.0 Å². The number of hydrogen-bond acceptors (Lipinski definition) is 4. The van der Waals surface area contributed by atoms with E-state index in [9.17, 15) is 9.59 Å². The molecule has 0 heterocycles. The Labute approximate surface area is 152 Å². The standard InChI is InChI=1S/C20H21ClO4/c1-14(2)13-25-20(23)17-9-5-4-8-16(17)19(22)24-12-11-15-7-3-6-10-18(15)21/h3-10,14H,11-13H2,1-2H3. The average Bonchev–Trinajstić information content (AvgIpc) is 2.61. The Bertz CT molecular complexity index is 740. The van der Waals surface area contributed by atoms with Crippen LogP contribution >= 0.6 is 11.6 Å². The molecule has 5 heteroatoms. The highest BCUT2D eigenvalue weighted by atomic mass is 35.5. The van der Waals surface area contributed by atoms with Crippen LogP contribution in [0.2, 0.25) is 5.02 Å². The number of hydrogen-bond donors (Lipinski definition) is 0. The lowest BCUT2D eigenvalue weighted by Crippen LogP contribution is -2.16. The highest BCUT2D eigenvalue weighted by Gasteiger charge is 2.19. The summed E-state index contributed by atoms with van der Waals surface area (Å²) in [4.78, 5) is 24.5. The molecule has 0 atom stereocenters. The number of carbonyl (C=O) groups excluding carboxylic acids is 2. The van der Waals surface area contributed by atoms with Crippen molar-refractivity contribution in [2.24, 2.45) is 5.92 Å². The first kappa shape index (κ1) is 19.0. The van der Waals surface area contributed by atoms with Crippen molar-refractivity contribution in [2.45, 2.75) is 20.3 Å². The van der Waals surface area contributed by atoms with Gasteiger partial charge in [0, 0.05) is 11.4 Å². The summed E-state index contributed by atoms with van der Waals surface area (Å²) in [5.74, 6) is -0.852. The molecular weight excluding hydrogens is 340 g/mol. The zero-order valence-electron chi connectivity index (χ0n) is 14.3. The summed E-state index contributed by atoms with van der Waals surface area (Å²) < 4.78 is 10.5. The van der Waals surface area contributed by atoms with Crippen LogP contribution in [0.25, 0.3) is 0 Å². The summed E-state index contributed by atoms with van der Waals surface area (Å²) in [6.07, 6.45) is 0.505. The molecule has 0 amide bonds. The van der Waals surface area contributed by atoms with Gasteiger partial charge in [0.25, 0.3) is 0 Å². The number of esters is 2. The Morgan fingerprint density at radius 1 is 0.920 bits per heavy atom. The van der Waals surface area contributed by atoms with Crippen molar-refractivity contribution < 1.29 is 19.1 Å². The van der Waals surface area contributed by atoms with Crippen molar-refractivity contribution in [1.82, 2.24) is 0 Å². The van der Waals surface area contributed by atoms with Crippen LogP contribution in [-0.4, -0.2) is 25.2 Å². The van der Waals surface area contributed by atoms with Gasteiger partial charge in [0.2, 0.25) is 0 Å². The maximum absolute atomic E-state index is 12.3. The van der Waals surface area contributed by atoms with Gasteiger partial charge in [-0.3, -0.25) is 0 Å². The van der Waals surface area contributed by atoms with E-state index in [1.54, 1.807) is 30.3 Å². The van der Waals surface area contributed by atoms with Crippen molar-refractivity contribution in [3.05, 3.63) is 70.2 Å². The molecule has 0 aliphatic heterocycles. The summed E-state index contributed by atoms with van der Waals surface area (Å²) in [6, 6.07) is 13.9. The van der Waals surface area contributed by atoms with Crippen molar-refractivity contribution >= 4 is 23.5 Å².